The molecule has 2 aliphatic rings. The molecule has 1 aromatic rings. The van der Waals surface area contributed by atoms with Gasteiger partial charge in [0, 0.05) is 20.0 Å². The van der Waals surface area contributed by atoms with E-state index in [1.807, 2.05) is 11.0 Å². The van der Waals surface area contributed by atoms with Gasteiger partial charge in [-0.05, 0) is 29.0 Å². The van der Waals surface area contributed by atoms with Gasteiger partial charge < -0.3 is 4.90 Å². The Morgan fingerprint density at radius 2 is 2.41 bits per heavy atom. The number of carbonyl (C=O) groups excluding carboxylic acids is 1. The van der Waals surface area contributed by atoms with Gasteiger partial charge in [-0.1, -0.05) is 6.07 Å². The van der Waals surface area contributed by atoms with Gasteiger partial charge in [0.25, 0.3) is 0 Å². The summed E-state index contributed by atoms with van der Waals surface area (Å²) in [6.07, 6.45) is 0.979. The number of nitrogens with zero attached hydrogens (tertiary/aromatic N) is 2. The lowest BCUT2D eigenvalue weighted by atomic mass is 9.98. The van der Waals surface area contributed by atoms with Crippen LogP contribution in [0.4, 0.5) is 0 Å². The molecule has 88 valence electrons. The fourth-order valence-electron chi connectivity index (χ4n) is 2.40. The predicted molar refractivity (Wildman–Crippen MR) is 69.6 cm³/mol. The molecule has 3 heterocycles. The number of hydrogen-bond acceptors (Lipinski definition) is 3. The van der Waals surface area contributed by atoms with Crippen LogP contribution >= 0.6 is 11.3 Å². The largest absolute Gasteiger partial charge is 0.338 e. The molecule has 1 aromatic heterocycles. The van der Waals surface area contributed by atoms with Gasteiger partial charge in [0.1, 0.15) is 0 Å². The quantitative estimate of drug-likeness (QED) is 0.747. The highest BCUT2D eigenvalue weighted by atomic mass is 32.1. The topological polar surface area (TPSA) is 32.7 Å². The monoisotopic (exact) mass is 246 g/mol. The van der Waals surface area contributed by atoms with Crippen LogP contribution in [0.15, 0.2) is 33.7 Å². The van der Waals surface area contributed by atoms with Crippen molar-refractivity contribution in [1.29, 1.82) is 0 Å². The lowest BCUT2D eigenvalue weighted by Gasteiger charge is -2.27. The van der Waals surface area contributed by atoms with Crippen LogP contribution in [0.5, 0.6) is 0 Å². The van der Waals surface area contributed by atoms with Crippen LogP contribution in [0.2, 0.25) is 0 Å². The third-order valence-electron chi connectivity index (χ3n) is 3.37. The first-order valence-electron chi connectivity index (χ1n) is 5.81. The van der Waals surface area contributed by atoms with Crippen LogP contribution in [-0.4, -0.2) is 36.2 Å². The second-order valence-electron chi connectivity index (χ2n) is 4.41. The summed E-state index contributed by atoms with van der Waals surface area (Å²) < 4.78 is 0. The normalized spacial score (nSPS) is 19.4. The van der Waals surface area contributed by atoms with Gasteiger partial charge in [-0.3, -0.25) is 9.79 Å². The summed E-state index contributed by atoms with van der Waals surface area (Å²) in [5.74, 6) is 0.161. The van der Waals surface area contributed by atoms with E-state index < -0.39 is 0 Å². The molecule has 0 radical (unpaired) electrons. The Labute approximate surface area is 104 Å². The standard InChI is InChI=1S/C13H14N2OS/c1-9(16)15-5-4-10-7-14-13(11(10)8-15)12-3-2-6-17-12/h2-3,6H,4-5,7-8H2,1H3. The first-order valence-corrected chi connectivity index (χ1v) is 6.69. The highest BCUT2D eigenvalue weighted by Gasteiger charge is 2.27. The lowest BCUT2D eigenvalue weighted by Crippen LogP contribution is -2.36. The van der Waals surface area contributed by atoms with Gasteiger partial charge in [-0.25, -0.2) is 0 Å². The molecule has 0 bridgehead atoms. The maximum absolute atomic E-state index is 11.4. The zero-order valence-corrected chi connectivity index (χ0v) is 10.6. The summed E-state index contributed by atoms with van der Waals surface area (Å²) >= 11 is 1.72. The molecule has 0 saturated carbocycles. The number of amides is 1. The van der Waals surface area contributed by atoms with E-state index in [4.69, 9.17) is 0 Å². The van der Waals surface area contributed by atoms with Gasteiger partial charge in [-0.15, -0.1) is 11.3 Å². The molecule has 0 N–H and O–H groups in total. The number of hydrogen-bond donors (Lipinski definition) is 0. The molecule has 0 fully saturated rings. The fourth-order valence-corrected chi connectivity index (χ4v) is 3.16. The molecule has 0 unspecified atom stereocenters. The SMILES string of the molecule is CC(=O)N1CCC2=C(C1)C(c1cccs1)=NC2. The molecule has 0 saturated heterocycles. The van der Waals surface area contributed by atoms with Crippen molar-refractivity contribution >= 4 is 23.0 Å². The molecule has 0 atom stereocenters. The molecule has 0 aromatic carbocycles. The van der Waals surface area contributed by atoms with Gasteiger partial charge in [-0.2, -0.15) is 0 Å². The summed E-state index contributed by atoms with van der Waals surface area (Å²) in [4.78, 5) is 19.2. The van der Waals surface area contributed by atoms with Crippen molar-refractivity contribution in [2.75, 3.05) is 19.6 Å². The molecular formula is C13H14N2OS. The number of rotatable bonds is 1. The fraction of sp³-hybridized carbons (Fsp3) is 0.385. The van der Waals surface area contributed by atoms with Crippen LogP contribution in [0, 0.1) is 0 Å². The van der Waals surface area contributed by atoms with Crippen molar-refractivity contribution in [3.05, 3.63) is 33.5 Å². The number of thiophene rings is 1. The average Bonchev–Trinajstić information content (AvgIpc) is 2.96. The Morgan fingerprint density at radius 3 is 3.12 bits per heavy atom. The zero-order chi connectivity index (χ0) is 11.8. The maximum Gasteiger partial charge on any atom is 0.219 e. The van der Waals surface area contributed by atoms with Gasteiger partial charge in [0.15, 0.2) is 0 Å². The van der Waals surface area contributed by atoms with E-state index in [9.17, 15) is 4.79 Å². The first-order chi connectivity index (χ1) is 8.25. The number of aliphatic imine (C=N–C) groups is 1. The van der Waals surface area contributed by atoms with Crippen LogP contribution in [0.25, 0.3) is 0 Å². The van der Waals surface area contributed by atoms with Crippen LogP contribution in [0.1, 0.15) is 18.2 Å². The summed E-state index contributed by atoms with van der Waals surface area (Å²) in [6, 6.07) is 4.15. The molecule has 3 nitrogen and oxygen atoms in total. The van der Waals surface area contributed by atoms with Crippen molar-refractivity contribution in [2.45, 2.75) is 13.3 Å². The van der Waals surface area contributed by atoms with Crippen molar-refractivity contribution in [3.63, 3.8) is 0 Å². The summed E-state index contributed by atoms with van der Waals surface area (Å²) in [7, 11) is 0. The molecule has 0 spiro atoms. The number of carbonyl (C=O) groups is 1. The van der Waals surface area contributed by atoms with E-state index in [-0.39, 0.29) is 5.91 Å². The molecular weight excluding hydrogens is 232 g/mol. The Balaban J connectivity index is 1.90. The second kappa shape index (κ2) is 4.11. The smallest absolute Gasteiger partial charge is 0.219 e. The minimum absolute atomic E-state index is 0.161. The molecule has 3 rings (SSSR count). The Bertz CT molecular complexity index is 514. The maximum atomic E-state index is 11.4. The minimum Gasteiger partial charge on any atom is -0.338 e. The first kappa shape index (κ1) is 10.7. The highest BCUT2D eigenvalue weighted by Crippen LogP contribution is 2.29. The van der Waals surface area contributed by atoms with Crippen LogP contribution in [-0.2, 0) is 4.79 Å². The Hall–Kier alpha value is -1.42. The Morgan fingerprint density at radius 1 is 1.53 bits per heavy atom. The molecule has 0 aliphatic carbocycles. The zero-order valence-electron chi connectivity index (χ0n) is 9.77. The van der Waals surface area contributed by atoms with E-state index in [0.29, 0.717) is 0 Å². The molecule has 17 heavy (non-hydrogen) atoms. The van der Waals surface area contributed by atoms with Gasteiger partial charge in [0.05, 0.1) is 17.1 Å². The van der Waals surface area contributed by atoms with Crippen molar-refractivity contribution in [2.24, 2.45) is 4.99 Å². The van der Waals surface area contributed by atoms with Crippen LogP contribution < -0.4 is 0 Å². The summed E-state index contributed by atoms with van der Waals surface area (Å²) in [5.41, 5.74) is 3.82. The second-order valence-corrected chi connectivity index (χ2v) is 5.36. The third kappa shape index (κ3) is 1.82. The minimum atomic E-state index is 0.161. The molecule has 1 amide bonds. The van der Waals surface area contributed by atoms with E-state index in [1.165, 1.54) is 16.0 Å². The molecule has 4 heteroatoms. The van der Waals surface area contributed by atoms with Crippen molar-refractivity contribution in [3.8, 4) is 0 Å². The van der Waals surface area contributed by atoms with Crippen molar-refractivity contribution in [1.82, 2.24) is 4.90 Å². The highest BCUT2D eigenvalue weighted by molar-refractivity contribution is 7.12. The molecule has 2 aliphatic heterocycles. The van der Waals surface area contributed by atoms with Crippen LogP contribution in [0.3, 0.4) is 0 Å². The van der Waals surface area contributed by atoms with E-state index >= 15 is 0 Å². The van der Waals surface area contributed by atoms with E-state index in [0.717, 1.165) is 31.8 Å². The summed E-state index contributed by atoms with van der Waals surface area (Å²) in [6.45, 7) is 4.06. The average molecular weight is 246 g/mol. The van der Waals surface area contributed by atoms with E-state index in [1.54, 1.807) is 18.3 Å². The van der Waals surface area contributed by atoms with Gasteiger partial charge in [0.2, 0.25) is 5.91 Å². The third-order valence-corrected chi connectivity index (χ3v) is 4.25. The lowest BCUT2D eigenvalue weighted by molar-refractivity contribution is -0.128. The van der Waals surface area contributed by atoms with E-state index in [2.05, 4.69) is 16.4 Å². The summed E-state index contributed by atoms with van der Waals surface area (Å²) in [5, 5.41) is 2.07. The van der Waals surface area contributed by atoms with Gasteiger partial charge >= 0.3 is 0 Å². The van der Waals surface area contributed by atoms with Crippen molar-refractivity contribution < 1.29 is 4.79 Å². The Kier molecular flexibility index (Phi) is 2.59. The predicted octanol–water partition coefficient (Wildman–Crippen LogP) is 2.10.